The molecule has 1 aromatic heterocycles. The molecule has 6 heteroatoms. The van der Waals surface area contributed by atoms with E-state index in [1.807, 2.05) is 13.8 Å². The second kappa shape index (κ2) is 5.62. The van der Waals surface area contributed by atoms with Gasteiger partial charge in [0.2, 0.25) is 5.91 Å². The molecule has 0 spiro atoms. The van der Waals surface area contributed by atoms with Gasteiger partial charge in [-0.05, 0) is 18.1 Å². The smallest absolute Gasteiger partial charge is 0.422 e. The van der Waals surface area contributed by atoms with Gasteiger partial charge in [-0.3, -0.25) is 9.78 Å². The summed E-state index contributed by atoms with van der Waals surface area (Å²) >= 11 is 0. The van der Waals surface area contributed by atoms with Crippen molar-refractivity contribution in [2.24, 2.45) is 5.92 Å². The summed E-state index contributed by atoms with van der Waals surface area (Å²) in [7, 11) is -1.62. The van der Waals surface area contributed by atoms with E-state index in [1.54, 1.807) is 6.07 Å². The Bertz CT molecular complexity index is 369. The first-order valence-corrected chi connectivity index (χ1v) is 5.11. The molecule has 0 fully saturated rings. The minimum absolute atomic E-state index is 0.0976. The van der Waals surface area contributed by atoms with Crippen molar-refractivity contribution >= 4 is 24.3 Å². The Morgan fingerprint density at radius 3 is 2.81 bits per heavy atom. The molecule has 0 radical (unpaired) electrons. The zero-order valence-corrected chi connectivity index (χ0v) is 9.34. The number of hydrogen-bond donors (Lipinski definition) is 3. The molecule has 86 valence electrons. The Labute approximate surface area is 94.7 Å². The molecule has 0 aromatic carbocycles. The summed E-state index contributed by atoms with van der Waals surface area (Å²) in [5.74, 6) is 0.185. The molecule has 0 saturated heterocycles. The molecule has 3 N–H and O–H groups in total. The number of nitrogens with zero attached hydrogens (tertiary/aromatic N) is 1. The molecule has 0 aliphatic heterocycles. The van der Waals surface area contributed by atoms with Crippen LogP contribution in [0.25, 0.3) is 0 Å². The minimum atomic E-state index is -1.62. The topological polar surface area (TPSA) is 82.5 Å². The Balaban J connectivity index is 2.67. The van der Waals surface area contributed by atoms with E-state index in [9.17, 15) is 4.79 Å². The van der Waals surface area contributed by atoms with Crippen LogP contribution in [0.1, 0.15) is 20.3 Å². The van der Waals surface area contributed by atoms with E-state index in [0.717, 1.165) is 0 Å². The molecule has 0 aliphatic rings. The number of hydrogen-bond acceptors (Lipinski definition) is 4. The molecule has 16 heavy (non-hydrogen) atoms. The van der Waals surface area contributed by atoms with Gasteiger partial charge in [0.1, 0.15) is 0 Å². The average Bonchev–Trinajstić information content (AvgIpc) is 2.16. The van der Waals surface area contributed by atoms with Crippen LogP contribution in [-0.2, 0) is 4.79 Å². The summed E-state index contributed by atoms with van der Waals surface area (Å²) in [6, 6.07) is 3.03. The summed E-state index contributed by atoms with van der Waals surface area (Å²) in [5.41, 5.74) is 0.631. The molecule has 1 aromatic rings. The van der Waals surface area contributed by atoms with Crippen molar-refractivity contribution in [1.29, 1.82) is 0 Å². The number of carbonyl (C=O) groups excluding carboxylic acids is 1. The highest BCUT2D eigenvalue weighted by atomic mass is 16.4. The van der Waals surface area contributed by atoms with Crippen molar-refractivity contribution < 1.29 is 14.8 Å². The van der Waals surface area contributed by atoms with Crippen LogP contribution < -0.4 is 10.9 Å². The van der Waals surface area contributed by atoms with Crippen molar-refractivity contribution in [2.45, 2.75) is 20.3 Å². The fourth-order valence-corrected chi connectivity index (χ4v) is 1.25. The lowest BCUT2D eigenvalue weighted by atomic mass is 9.85. The largest absolute Gasteiger partial charge is 0.508 e. The third-order valence-corrected chi connectivity index (χ3v) is 1.92. The van der Waals surface area contributed by atoms with Crippen LogP contribution in [0.2, 0.25) is 0 Å². The maximum absolute atomic E-state index is 11.4. The van der Waals surface area contributed by atoms with Gasteiger partial charge in [0, 0.05) is 18.3 Å². The monoisotopic (exact) mass is 222 g/mol. The lowest BCUT2D eigenvalue weighted by Crippen LogP contribution is -2.32. The van der Waals surface area contributed by atoms with Gasteiger partial charge >= 0.3 is 7.12 Å². The normalized spacial score (nSPS) is 10.3. The Morgan fingerprint density at radius 1 is 1.56 bits per heavy atom. The summed E-state index contributed by atoms with van der Waals surface area (Å²) in [5, 5.41) is 20.5. The predicted octanol–water partition coefficient (Wildman–Crippen LogP) is -0.254. The summed E-state index contributed by atoms with van der Waals surface area (Å²) in [4.78, 5) is 15.2. The van der Waals surface area contributed by atoms with Crippen LogP contribution >= 0.6 is 0 Å². The summed E-state index contributed by atoms with van der Waals surface area (Å²) < 4.78 is 0. The minimum Gasteiger partial charge on any atom is -0.422 e. The van der Waals surface area contributed by atoms with Gasteiger partial charge in [-0.15, -0.1) is 0 Å². The number of nitrogens with one attached hydrogen (secondary N) is 1. The lowest BCUT2D eigenvalue weighted by Gasteiger charge is -2.08. The van der Waals surface area contributed by atoms with E-state index < -0.39 is 7.12 Å². The maximum atomic E-state index is 11.4. The van der Waals surface area contributed by atoms with Crippen molar-refractivity contribution in [3.05, 3.63) is 18.3 Å². The van der Waals surface area contributed by atoms with Gasteiger partial charge in [0.25, 0.3) is 0 Å². The SMILES string of the molecule is CC(C)CC(=O)Nc1ccnc(B(O)O)c1. The van der Waals surface area contributed by atoms with E-state index in [4.69, 9.17) is 10.0 Å². The molecule has 0 aliphatic carbocycles. The quantitative estimate of drug-likeness (QED) is 0.613. The van der Waals surface area contributed by atoms with Gasteiger partial charge in [-0.2, -0.15) is 0 Å². The summed E-state index contributed by atoms with van der Waals surface area (Å²) in [6.07, 6.45) is 1.85. The van der Waals surface area contributed by atoms with Gasteiger partial charge in [-0.1, -0.05) is 13.8 Å². The molecular formula is C10H15BN2O3. The van der Waals surface area contributed by atoms with E-state index >= 15 is 0 Å². The average molecular weight is 222 g/mol. The Morgan fingerprint density at radius 2 is 2.25 bits per heavy atom. The molecule has 1 heterocycles. The highest BCUT2D eigenvalue weighted by Gasteiger charge is 2.13. The molecule has 0 saturated carbocycles. The maximum Gasteiger partial charge on any atom is 0.508 e. The van der Waals surface area contributed by atoms with Crippen LogP contribution in [0.15, 0.2) is 18.3 Å². The highest BCUT2D eigenvalue weighted by Crippen LogP contribution is 2.06. The fraction of sp³-hybridized carbons (Fsp3) is 0.400. The fourth-order valence-electron chi connectivity index (χ4n) is 1.25. The molecule has 1 amide bonds. The number of amides is 1. The van der Waals surface area contributed by atoms with Gasteiger partial charge in [0.05, 0.1) is 5.59 Å². The molecular weight excluding hydrogens is 207 g/mol. The number of carbonyl (C=O) groups is 1. The molecule has 0 bridgehead atoms. The zero-order valence-electron chi connectivity index (χ0n) is 9.34. The van der Waals surface area contributed by atoms with E-state index in [-0.39, 0.29) is 17.4 Å². The standard InChI is InChI=1S/C10H15BN2O3/c1-7(2)5-10(14)13-8-3-4-12-9(6-8)11(15)16/h3-4,6-7,15-16H,5H2,1-2H3,(H,12,13,14). The lowest BCUT2D eigenvalue weighted by molar-refractivity contribution is -0.116. The Hall–Kier alpha value is -1.40. The van der Waals surface area contributed by atoms with Crippen LogP contribution in [-0.4, -0.2) is 28.1 Å². The first-order chi connectivity index (χ1) is 7.49. The molecule has 1 rings (SSSR count). The molecule has 0 unspecified atom stereocenters. The van der Waals surface area contributed by atoms with Crippen molar-refractivity contribution in [1.82, 2.24) is 4.98 Å². The molecule has 5 nitrogen and oxygen atoms in total. The van der Waals surface area contributed by atoms with Crippen LogP contribution in [0.3, 0.4) is 0 Å². The van der Waals surface area contributed by atoms with Crippen LogP contribution in [0, 0.1) is 5.92 Å². The Kier molecular flexibility index (Phi) is 4.45. The highest BCUT2D eigenvalue weighted by molar-refractivity contribution is 6.57. The van der Waals surface area contributed by atoms with E-state index in [1.165, 1.54) is 12.3 Å². The first-order valence-electron chi connectivity index (χ1n) is 5.11. The number of rotatable bonds is 4. The van der Waals surface area contributed by atoms with E-state index in [0.29, 0.717) is 12.1 Å². The van der Waals surface area contributed by atoms with E-state index in [2.05, 4.69) is 10.3 Å². The van der Waals surface area contributed by atoms with Gasteiger partial charge in [-0.25, -0.2) is 0 Å². The van der Waals surface area contributed by atoms with Crippen molar-refractivity contribution in [3.63, 3.8) is 0 Å². The number of anilines is 1. The van der Waals surface area contributed by atoms with Crippen LogP contribution in [0.4, 0.5) is 5.69 Å². The van der Waals surface area contributed by atoms with Gasteiger partial charge in [0.15, 0.2) is 0 Å². The van der Waals surface area contributed by atoms with Crippen molar-refractivity contribution in [3.8, 4) is 0 Å². The van der Waals surface area contributed by atoms with Crippen LogP contribution in [0.5, 0.6) is 0 Å². The summed E-state index contributed by atoms with van der Waals surface area (Å²) in [6.45, 7) is 3.91. The third-order valence-electron chi connectivity index (χ3n) is 1.92. The predicted molar refractivity (Wildman–Crippen MR) is 62.1 cm³/mol. The number of aromatic nitrogens is 1. The second-order valence-corrected chi connectivity index (χ2v) is 3.99. The van der Waals surface area contributed by atoms with Gasteiger partial charge < -0.3 is 15.4 Å². The number of pyridine rings is 1. The molecule has 0 atom stereocenters. The first kappa shape index (κ1) is 12.7. The van der Waals surface area contributed by atoms with Crippen molar-refractivity contribution in [2.75, 3.05) is 5.32 Å². The third kappa shape index (κ3) is 4.00. The zero-order chi connectivity index (χ0) is 12.1. The second-order valence-electron chi connectivity index (χ2n) is 3.99.